The molecule has 3 aromatic rings. The van der Waals surface area contributed by atoms with Crippen LogP contribution in [0.3, 0.4) is 0 Å². The molecule has 9 nitrogen and oxygen atoms in total. The first kappa shape index (κ1) is 17.0. The van der Waals surface area contributed by atoms with Crippen LogP contribution in [0.5, 0.6) is 0 Å². The van der Waals surface area contributed by atoms with Gasteiger partial charge < -0.3 is 14.2 Å². The van der Waals surface area contributed by atoms with E-state index in [1.165, 1.54) is 11.1 Å². The second kappa shape index (κ2) is 7.40. The van der Waals surface area contributed by atoms with Crippen molar-refractivity contribution in [1.82, 2.24) is 30.0 Å². The molecule has 1 aliphatic heterocycles. The number of tetrazole rings is 1. The Morgan fingerprint density at radius 2 is 1.70 bits per heavy atom. The van der Waals surface area contributed by atoms with Crippen LogP contribution in [0.2, 0.25) is 0 Å². The minimum atomic E-state index is -0.155. The molecular formula is C18H18N6O3. The number of carbonyl (C=O) groups is 2. The highest BCUT2D eigenvalue weighted by molar-refractivity contribution is 5.91. The summed E-state index contributed by atoms with van der Waals surface area (Å²) in [6, 6.07) is 12.8. The lowest BCUT2D eigenvalue weighted by atomic mass is 10.2. The zero-order valence-electron chi connectivity index (χ0n) is 14.6. The Hall–Kier alpha value is -3.49. The molecule has 0 atom stereocenters. The summed E-state index contributed by atoms with van der Waals surface area (Å²) in [5, 5.41) is 12.2. The van der Waals surface area contributed by atoms with Gasteiger partial charge in [-0.1, -0.05) is 30.3 Å². The Bertz CT molecular complexity index is 914. The molecule has 0 saturated carbocycles. The summed E-state index contributed by atoms with van der Waals surface area (Å²) >= 11 is 0. The first-order valence-corrected chi connectivity index (χ1v) is 8.64. The van der Waals surface area contributed by atoms with Crippen molar-refractivity contribution in [3.05, 3.63) is 54.5 Å². The number of amides is 2. The Morgan fingerprint density at radius 3 is 2.41 bits per heavy atom. The third kappa shape index (κ3) is 3.71. The number of hydrogen-bond donors (Lipinski definition) is 0. The fraction of sp³-hybridized carbons (Fsp3) is 0.278. The second-order valence-corrected chi connectivity index (χ2v) is 6.16. The van der Waals surface area contributed by atoms with E-state index >= 15 is 0 Å². The van der Waals surface area contributed by atoms with Crippen molar-refractivity contribution >= 4 is 11.8 Å². The predicted molar refractivity (Wildman–Crippen MR) is 94.4 cm³/mol. The number of piperazine rings is 1. The highest BCUT2D eigenvalue weighted by Gasteiger charge is 2.26. The quantitative estimate of drug-likeness (QED) is 0.681. The Kier molecular flexibility index (Phi) is 4.65. The topological polar surface area (TPSA) is 97.4 Å². The van der Waals surface area contributed by atoms with Gasteiger partial charge in [0.25, 0.3) is 5.91 Å². The number of furan rings is 1. The van der Waals surface area contributed by atoms with Crippen LogP contribution in [0.25, 0.3) is 11.4 Å². The number of nitrogens with zero attached hydrogens (tertiary/aromatic N) is 6. The van der Waals surface area contributed by atoms with E-state index in [-0.39, 0.29) is 18.4 Å². The third-order valence-corrected chi connectivity index (χ3v) is 4.41. The lowest BCUT2D eigenvalue weighted by Crippen LogP contribution is -2.51. The van der Waals surface area contributed by atoms with Gasteiger partial charge in [0.1, 0.15) is 6.54 Å². The van der Waals surface area contributed by atoms with Gasteiger partial charge in [0.15, 0.2) is 5.76 Å². The van der Waals surface area contributed by atoms with Gasteiger partial charge in [-0.3, -0.25) is 9.59 Å². The van der Waals surface area contributed by atoms with Gasteiger partial charge in [-0.15, -0.1) is 10.2 Å². The maximum atomic E-state index is 12.5. The molecule has 4 rings (SSSR count). The number of aromatic nitrogens is 4. The maximum Gasteiger partial charge on any atom is 0.289 e. The molecule has 27 heavy (non-hydrogen) atoms. The van der Waals surface area contributed by atoms with Crippen molar-refractivity contribution in [1.29, 1.82) is 0 Å². The molecule has 9 heteroatoms. The molecule has 138 valence electrons. The van der Waals surface area contributed by atoms with Crippen LogP contribution in [-0.4, -0.2) is 68.0 Å². The molecule has 1 saturated heterocycles. The zero-order chi connectivity index (χ0) is 18.6. The van der Waals surface area contributed by atoms with Crippen LogP contribution >= 0.6 is 0 Å². The van der Waals surface area contributed by atoms with Crippen molar-refractivity contribution < 1.29 is 14.0 Å². The van der Waals surface area contributed by atoms with Gasteiger partial charge in [-0.25, -0.2) is 0 Å². The van der Waals surface area contributed by atoms with Gasteiger partial charge in [0.05, 0.1) is 6.26 Å². The molecule has 3 heterocycles. The normalized spacial score (nSPS) is 14.4. The maximum absolute atomic E-state index is 12.5. The van der Waals surface area contributed by atoms with Crippen molar-refractivity contribution in [2.45, 2.75) is 6.54 Å². The number of rotatable bonds is 4. The zero-order valence-corrected chi connectivity index (χ0v) is 14.6. The Balaban J connectivity index is 1.32. The summed E-state index contributed by atoms with van der Waals surface area (Å²) in [5.41, 5.74) is 0.848. The molecule has 1 aliphatic rings. The molecule has 1 fully saturated rings. The standard InChI is InChI=1S/C18H18N6O3/c25-16(13-24-20-17(19-21-24)14-5-2-1-3-6-14)22-8-10-23(11-9-22)18(26)15-7-4-12-27-15/h1-7,12H,8-11,13H2. The molecule has 1 aromatic carbocycles. The monoisotopic (exact) mass is 366 g/mol. The molecule has 0 N–H and O–H groups in total. The van der Waals surface area contributed by atoms with Gasteiger partial charge in [0, 0.05) is 31.7 Å². The number of hydrogen-bond acceptors (Lipinski definition) is 6. The summed E-state index contributed by atoms with van der Waals surface area (Å²) in [4.78, 5) is 29.4. The molecular weight excluding hydrogens is 348 g/mol. The molecule has 0 radical (unpaired) electrons. The van der Waals surface area contributed by atoms with Crippen LogP contribution in [0.4, 0.5) is 0 Å². The van der Waals surface area contributed by atoms with Gasteiger partial charge in [0.2, 0.25) is 11.7 Å². The summed E-state index contributed by atoms with van der Waals surface area (Å²) < 4.78 is 5.14. The second-order valence-electron chi connectivity index (χ2n) is 6.16. The highest BCUT2D eigenvalue weighted by atomic mass is 16.3. The van der Waals surface area contributed by atoms with E-state index in [9.17, 15) is 9.59 Å². The van der Waals surface area contributed by atoms with E-state index in [0.717, 1.165) is 5.56 Å². The average molecular weight is 366 g/mol. The lowest BCUT2D eigenvalue weighted by molar-refractivity contribution is -0.133. The van der Waals surface area contributed by atoms with E-state index in [1.807, 2.05) is 30.3 Å². The molecule has 2 aromatic heterocycles. The van der Waals surface area contributed by atoms with Gasteiger partial charge in [-0.2, -0.15) is 4.80 Å². The highest BCUT2D eigenvalue weighted by Crippen LogP contribution is 2.12. The number of benzene rings is 1. The van der Waals surface area contributed by atoms with Crippen molar-refractivity contribution in [2.24, 2.45) is 0 Å². The summed E-state index contributed by atoms with van der Waals surface area (Å²) in [6.45, 7) is 1.87. The van der Waals surface area contributed by atoms with E-state index in [4.69, 9.17) is 4.42 Å². The van der Waals surface area contributed by atoms with Crippen LogP contribution in [0, 0.1) is 0 Å². The SMILES string of the molecule is O=C(Cn1nnc(-c2ccccc2)n1)N1CCN(C(=O)c2ccco2)CC1. The van der Waals surface area contributed by atoms with Crippen molar-refractivity contribution in [3.8, 4) is 11.4 Å². The molecule has 2 amide bonds. The molecule has 0 spiro atoms. The van der Waals surface area contributed by atoms with Crippen LogP contribution in [0.1, 0.15) is 10.6 Å². The van der Waals surface area contributed by atoms with Crippen LogP contribution in [0.15, 0.2) is 53.1 Å². The largest absolute Gasteiger partial charge is 0.459 e. The van der Waals surface area contributed by atoms with Crippen molar-refractivity contribution in [3.63, 3.8) is 0 Å². The minimum absolute atomic E-state index is 0.0198. The van der Waals surface area contributed by atoms with Crippen LogP contribution < -0.4 is 0 Å². The summed E-state index contributed by atoms with van der Waals surface area (Å²) in [7, 11) is 0. The third-order valence-electron chi connectivity index (χ3n) is 4.41. The average Bonchev–Trinajstić information content (AvgIpc) is 3.40. The van der Waals surface area contributed by atoms with Gasteiger partial charge >= 0.3 is 0 Å². The molecule has 0 unspecified atom stereocenters. The first-order chi connectivity index (χ1) is 13.2. The fourth-order valence-corrected chi connectivity index (χ4v) is 2.95. The Labute approximate surface area is 155 Å². The number of carbonyl (C=O) groups excluding carboxylic acids is 2. The smallest absolute Gasteiger partial charge is 0.289 e. The van der Waals surface area contributed by atoms with E-state index in [2.05, 4.69) is 15.4 Å². The Morgan fingerprint density at radius 1 is 0.963 bits per heavy atom. The van der Waals surface area contributed by atoms with E-state index < -0.39 is 0 Å². The van der Waals surface area contributed by atoms with Gasteiger partial charge in [-0.05, 0) is 17.3 Å². The minimum Gasteiger partial charge on any atom is -0.459 e. The van der Waals surface area contributed by atoms with Crippen LogP contribution in [-0.2, 0) is 11.3 Å². The first-order valence-electron chi connectivity index (χ1n) is 8.64. The predicted octanol–water partition coefficient (Wildman–Crippen LogP) is 0.918. The molecule has 0 bridgehead atoms. The summed E-state index contributed by atoms with van der Waals surface area (Å²) in [5.74, 6) is 0.543. The lowest BCUT2D eigenvalue weighted by Gasteiger charge is -2.34. The van der Waals surface area contributed by atoms with E-state index in [1.54, 1.807) is 21.9 Å². The van der Waals surface area contributed by atoms with E-state index in [0.29, 0.717) is 37.8 Å². The van der Waals surface area contributed by atoms with Crippen molar-refractivity contribution in [2.75, 3.05) is 26.2 Å². The fourth-order valence-electron chi connectivity index (χ4n) is 2.95. The summed E-state index contributed by atoms with van der Waals surface area (Å²) in [6.07, 6.45) is 1.47. The molecule has 0 aliphatic carbocycles.